The molecule has 1 unspecified atom stereocenters. The van der Waals surface area contributed by atoms with Crippen LogP contribution in [0.3, 0.4) is 0 Å². The molecule has 21 heavy (non-hydrogen) atoms. The average Bonchev–Trinajstić information content (AvgIpc) is 2.79. The Morgan fingerprint density at radius 2 is 1.71 bits per heavy atom. The molecule has 1 aliphatic rings. The van der Waals surface area contributed by atoms with E-state index in [9.17, 15) is 17.2 Å². The SMILES string of the molecule is O=S(=O)(CC1Cc2cc(F)ccc2O1)c1ccc(F)cc1. The molecule has 0 N–H and O–H groups in total. The average molecular weight is 310 g/mol. The van der Waals surface area contributed by atoms with Crippen molar-refractivity contribution in [2.24, 2.45) is 0 Å². The van der Waals surface area contributed by atoms with E-state index in [2.05, 4.69) is 0 Å². The van der Waals surface area contributed by atoms with Crippen molar-refractivity contribution in [1.29, 1.82) is 0 Å². The van der Waals surface area contributed by atoms with E-state index in [0.29, 0.717) is 17.7 Å². The van der Waals surface area contributed by atoms with Crippen LogP contribution < -0.4 is 4.74 Å². The second kappa shape index (κ2) is 5.11. The fourth-order valence-corrected chi connectivity index (χ4v) is 3.78. The standard InChI is InChI=1S/C15H12F2O3S/c16-11-1-4-14(5-2-11)21(18,19)9-13-8-10-7-12(17)3-6-15(10)20-13/h1-7,13H,8-9H2. The lowest BCUT2D eigenvalue weighted by Crippen LogP contribution is -2.25. The minimum atomic E-state index is -3.57. The number of rotatable bonds is 3. The molecule has 0 aromatic heterocycles. The van der Waals surface area contributed by atoms with E-state index in [1.165, 1.54) is 30.3 Å². The molecule has 1 heterocycles. The predicted molar refractivity (Wildman–Crippen MR) is 73.0 cm³/mol. The third-order valence-electron chi connectivity index (χ3n) is 3.34. The molecule has 2 aromatic carbocycles. The summed E-state index contributed by atoms with van der Waals surface area (Å²) in [6.45, 7) is 0. The van der Waals surface area contributed by atoms with Gasteiger partial charge in [0, 0.05) is 12.0 Å². The zero-order valence-corrected chi connectivity index (χ0v) is 11.7. The molecule has 0 radical (unpaired) electrons. The van der Waals surface area contributed by atoms with Gasteiger partial charge >= 0.3 is 0 Å². The van der Waals surface area contributed by atoms with Gasteiger partial charge in [-0.1, -0.05) is 0 Å². The zero-order chi connectivity index (χ0) is 15.0. The van der Waals surface area contributed by atoms with Crippen molar-refractivity contribution >= 4 is 9.84 Å². The molecule has 1 aliphatic heterocycles. The largest absolute Gasteiger partial charge is 0.489 e. The molecule has 2 aromatic rings. The Labute approximate surface area is 121 Å². The predicted octanol–water partition coefficient (Wildman–Crippen LogP) is 2.74. The van der Waals surface area contributed by atoms with Gasteiger partial charge in [-0.2, -0.15) is 0 Å². The lowest BCUT2D eigenvalue weighted by Gasteiger charge is -2.11. The van der Waals surface area contributed by atoms with Crippen LogP contribution in [0.4, 0.5) is 8.78 Å². The summed E-state index contributed by atoms with van der Waals surface area (Å²) in [6.07, 6.45) is -0.218. The molecule has 110 valence electrons. The zero-order valence-electron chi connectivity index (χ0n) is 10.9. The Hall–Kier alpha value is -1.95. The van der Waals surface area contributed by atoms with Crippen LogP contribution in [-0.2, 0) is 16.3 Å². The maximum absolute atomic E-state index is 13.1. The second-order valence-corrected chi connectivity index (χ2v) is 6.97. The second-order valence-electron chi connectivity index (χ2n) is 4.93. The first-order valence-electron chi connectivity index (χ1n) is 6.37. The topological polar surface area (TPSA) is 43.4 Å². The minimum Gasteiger partial charge on any atom is -0.489 e. The van der Waals surface area contributed by atoms with Crippen LogP contribution in [0.2, 0.25) is 0 Å². The van der Waals surface area contributed by atoms with Crippen LogP contribution in [0, 0.1) is 11.6 Å². The van der Waals surface area contributed by atoms with Crippen LogP contribution in [0.15, 0.2) is 47.4 Å². The van der Waals surface area contributed by atoms with Gasteiger partial charge in [0.2, 0.25) is 0 Å². The molecule has 0 saturated carbocycles. The Morgan fingerprint density at radius 3 is 2.43 bits per heavy atom. The number of fused-ring (bicyclic) bond motifs is 1. The Balaban J connectivity index is 1.77. The Morgan fingerprint density at radius 1 is 1.05 bits per heavy atom. The lowest BCUT2D eigenvalue weighted by molar-refractivity contribution is 0.256. The molecule has 0 bridgehead atoms. The quantitative estimate of drug-likeness (QED) is 0.819. The van der Waals surface area contributed by atoms with Gasteiger partial charge in [0.25, 0.3) is 0 Å². The van der Waals surface area contributed by atoms with Crippen molar-refractivity contribution in [1.82, 2.24) is 0 Å². The van der Waals surface area contributed by atoms with Crippen LogP contribution in [0.5, 0.6) is 5.75 Å². The summed E-state index contributed by atoms with van der Waals surface area (Å²) in [5, 5.41) is 0. The van der Waals surface area contributed by atoms with Crippen molar-refractivity contribution in [3.05, 3.63) is 59.7 Å². The molecule has 0 aliphatic carbocycles. The molecule has 3 rings (SSSR count). The summed E-state index contributed by atoms with van der Waals surface area (Å²) in [7, 11) is -3.57. The van der Waals surface area contributed by atoms with Gasteiger partial charge in [0.05, 0.1) is 10.6 Å². The molecule has 0 amide bonds. The maximum atomic E-state index is 13.1. The third kappa shape index (κ3) is 2.90. The fraction of sp³-hybridized carbons (Fsp3) is 0.200. The van der Waals surface area contributed by atoms with Crippen LogP contribution >= 0.6 is 0 Å². The lowest BCUT2D eigenvalue weighted by atomic mass is 10.1. The van der Waals surface area contributed by atoms with Gasteiger partial charge in [-0.15, -0.1) is 0 Å². The summed E-state index contributed by atoms with van der Waals surface area (Å²) in [5.74, 6) is -0.585. The number of hydrogen-bond acceptors (Lipinski definition) is 3. The number of benzene rings is 2. The highest BCUT2D eigenvalue weighted by atomic mass is 32.2. The smallest absolute Gasteiger partial charge is 0.182 e. The van der Waals surface area contributed by atoms with E-state index in [1.54, 1.807) is 0 Å². The first-order chi connectivity index (χ1) is 9.94. The molecule has 0 spiro atoms. The summed E-state index contributed by atoms with van der Waals surface area (Å²) in [5.41, 5.74) is 0.661. The fourth-order valence-electron chi connectivity index (χ4n) is 2.36. The van der Waals surface area contributed by atoms with E-state index in [-0.39, 0.29) is 16.5 Å². The first-order valence-corrected chi connectivity index (χ1v) is 8.03. The molecule has 0 fully saturated rings. The Bertz CT molecular complexity index is 770. The molecule has 1 atom stereocenters. The normalized spacial score (nSPS) is 17.3. The maximum Gasteiger partial charge on any atom is 0.182 e. The van der Waals surface area contributed by atoms with Gasteiger partial charge in [-0.25, -0.2) is 17.2 Å². The van der Waals surface area contributed by atoms with Crippen LogP contribution in [0.1, 0.15) is 5.56 Å². The third-order valence-corrected chi connectivity index (χ3v) is 5.14. The van der Waals surface area contributed by atoms with E-state index >= 15 is 0 Å². The van der Waals surface area contributed by atoms with Gasteiger partial charge < -0.3 is 4.74 Å². The van der Waals surface area contributed by atoms with Gasteiger partial charge in [-0.3, -0.25) is 0 Å². The van der Waals surface area contributed by atoms with Crippen molar-refractivity contribution in [2.75, 3.05) is 5.75 Å². The van der Waals surface area contributed by atoms with Gasteiger partial charge in [0.1, 0.15) is 23.5 Å². The monoisotopic (exact) mass is 310 g/mol. The highest BCUT2D eigenvalue weighted by molar-refractivity contribution is 7.91. The van der Waals surface area contributed by atoms with Crippen LogP contribution in [-0.4, -0.2) is 20.3 Å². The molecule has 0 saturated heterocycles. The van der Waals surface area contributed by atoms with E-state index < -0.39 is 21.8 Å². The number of hydrogen-bond donors (Lipinski definition) is 0. The van der Waals surface area contributed by atoms with Gasteiger partial charge in [0.15, 0.2) is 9.84 Å². The van der Waals surface area contributed by atoms with E-state index in [0.717, 1.165) is 12.1 Å². The molecule has 6 heteroatoms. The molecule has 3 nitrogen and oxygen atoms in total. The summed E-state index contributed by atoms with van der Waals surface area (Å²) in [4.78, 5) is 0.0506. The Kier molecular flexibility index (Phi) is 3.41. The summed E-state index contributed by atoms with van der Waals surface area (Å²) in [6, 6.07) is 8.78. The van der Waals surface area contributed by atoms with Crippen molar-refractivity contribution in [3.63, 3.8) is 0 Å². The highest BCUT2D eigenvalue weighted by Crippen LogP contribution is 2.30. The first kappa shape index (κ1) is 14.0. The number of ether oxygens (including phenoxy) is 1. The van der Waals surface area contributed by atoms with Gasteiger partial charge in [-0.05, 0) is 42.5 Å². The van der Waals surface area contributed by atoms with Crippen molar-refractivity contribution in [3.8, 4) is 5.75 Å². The van der Waals surface area contributed by atoms with E-state index in [1.807, 2.05) is 0 Å². The molecular formula is C15H12F2O3S. The number of halogens is 2. The highest BCUT2D eigenvalue weighted by Gasteiger charge is 2.29. The summed E-state index contributed by atoms with van der Waals surface area (Å²) < 4.78 is 56.0. The van der Waals surface area contributed by atoms with E-state index in [4.69, 9.17) is 4.74 Å². The number of sulfone groups is 1. The minimum absolute atomic E-state index is 0.0506. The summed E-state index contributed by atoms with van der Waals surface area (Å²) >= 11 is 0. The van der Waals surface area contributed by atoms with Crippen LogP contribution in [0.25, 0.3) is 0 Å². The molecular weight excluding hydrogens is 298 g/mol. The van der Waals surface area contributed by atoms with Crippen molar-refractivity contribution < 1.29 is 21.9 Å². The van der Waals surface area contributed by atoms with Crippen molar-refractivity contribution in [2.45, 2.75) is 17.4 Å².